The standard InChI is InChI=1S/C3H12N4O5P2S4/c4-15-13(9,16-5)11-1-3(8)2-12-14(10,17-6)18-7/h1-2,4-7H2. The highest BCUT2D eigenvalue weighted by Gasteiger charge is 2.26. The number of carbonyl (C=O) groups excluding carboxylic acids is 1. The summed E-state index contributed by atoms with van der Waals surface area (Å²) in [6, 6.07) is 0. The van der Waals surface area contributed by atoms with Gasteiger partial charge in [0.15, 0.2) is 5.78 Å². The van der Waals surface area contributed by atoms with Gasteiger partial charge >= 0.3 is 11.5 Å². The van der Waals surface area contributed by atoms with E-state index in [0.29, 0.717) is 46.3 Å². The Kier molecular flexibility index (Phi) is 9.93. The van der Waals surface area contributed by atoms with Crippen LogP contribution in [0.3, 0.4) is 0 Å². The van der Waals surface area contributed by atoms with Crippen LogP contribution in [0.25, 0.3) is 0 Å². The number of Topliss-reactive ketones (excluding diaryl/α,β-unsaturated/α-hetero) is 1. The van der Waals surface area contributed by atoms with E-state index in [1.165, 1.54) is 0 Å². The minimum absolute atomic E-state index is 0.422. The number of carbonyl (C=O) groups is 1. The molecule has 0 saturated heterocycles. The molecule has 9 nitrogen and oxygen atoms in total. The fourth-order valence-corrected chi connectivity index (χ4v) is 4.02. The van der Waals surface area contributed by atoms with Crippen molar-refractivity contribution in [3.05, 3.63) is 0 Å². The third-order valence-electron chi connectivity index (χ3n) is 1.28. The predicted octanol–water partition coefficient (Wildman–Crippen LogP) is 1.23. The highest BCUT2D eigenvalue weighted by Crippen LogP contribution is 2.66. The fraction of sp³-hybridized carbons (Fsp3) is 0.667. The molecule has 0 aromatic heterocycles. The largest absolute Gasteiger partial charge is 0.342 e. The van der Waals surface area contributed by atoms with Crippen LogP contribution in [-0.4, -0.2) is 19.0 Å². The van der Waals surface area contributed by atoms with Crippen LogP contribution in [0.2, 0.25) is 0 Å². The van der Waals surface area contributed by atoms with E-state index in [1.807, 2.05) is 0 Å². The Balaban J connectivity index is 4.14. The number of rotatable bonds is 10. The molecule has 0 heterocycles. The van der Waals surface area contributed by atoms with E-state index in [4.69, 9.17) is 29.6 Å². The summed E-state index contributed by atoms with van der Waals surface area (Å²) in [7, 11) is 0. The molecule has 0 aliphatic rings. The van der Waals surface area contributed by atoms with E-state index in [1.54, 1.807) is 0 Å². The minimum Gasteiger partial charge on any atom is -0.304 e. The van der Waals surface area contributed by atoms with Crippen molar-refractivity contribution >= 4 is 63.6 Å². The van der Waals surface area contributed by atoms with Crippen LogP contribution < -0.4 is 20.6 Å². The molecule has 18 heavy (non-hydrogen) atoms. The van der Waals surface area contributed by atoms with Crippen molar-refractivity contribution in [1.29, 1.82) is 0 Å². The molecule has 0 rings (SSSR count). The smallest absolute Gasteiger partial charge is 0.304 e. The zero-order chi connectivity index (χ0) is 14.2. The van der Waals surface area contributed by atoms with Crippen LogP contribution in [-0.2, 0) is 23.0 Å². The van der Waals surface area contributed by atoms with Gasteiger partial charge in [-0.1, -0.05) is 0 Å². The van der Waals surface area contributed by atoms with Crippen molar-refractivity contribution in [2.45, 2.75) is 0 Å². The number of nitrogens with two attached hydrogens (primary N) is 4. The van der Waals surface area contributed by atoms with Crippen LogP contribution in [0.15, 0.2) is 0 Å². The van der Waals surface area contributed by atoms with E-state index in [9.17, 15) is 13.9 Å². The predicted molar refractivity (Wildman–Crippen MR) is 79.2 cm³/mol. The van der Waals surface area contributed by atoms with E-state index in [-0.39, 0.29) is 0 Å². The van der Waals surface area contributed by atoms with E-state index in [2.05, 4.69) is 0 Å². The molecule has 0 aliphatic heterocycles. The Morgan fingerprint density at radius 1 is 0.833 bits per heavy atom. The van der Waals surface area contributed by atoms with Crippen molar-refractivity contribution in [2.24, 2.45) is 20.6 Å². The second kappa shape index (κ2) is 9.27. The molecule has 0 aromatic carbocycles. The van der Waals surface area contributed by atoms with Crippen molar-refractivity contribution in [2.75, 3.05) is 13.2 Å². The van der Waals surface area contributed by atoms with Gasteiger partial charge in [-0.25, -0.2) is 0 Å². The Morgan fingerprint density at radius 3 is 1.33 bits per heavy atom. The van der Waals surface area contributed by atoms with Gasteiger partial charge in [0.05, 0.1) is 0 Å². The fourth-order valence-electron chi connectivity index (χ4n) is 0.515. The maximum absolute atomic E-state index is 11.5. The Hall–Kier alpha value is 1.29. The van der Waals surface area contributed by atoms with Gasteiger partial charge in [-0.3, -0.25) is 34.5 Å². The third kappa shape index (κ3) is 7.17. The monoisotopic (exact) mass is 374 g/mol. The molecule has 0 unspecified atom stereocenters. The molecule has 0 aliphatic carbocycles. The van der Waals surface area contributed by atoms with Gasteiger partial charge in [0, 0.05) is 46.3 Å². The van der Waals surface area contributed by atoms with Crippen molar-refractivity contribution in [1.82, 2.24) is 0 Å². The first kappa shape index (κ1) is 19.3. The number of hydrogen-bond acceptors (Lipinski definition) is 13. The van der Waals surface area contributed by atoms with Crippen molar-refractivity contribution in [3.63, 3.8) is 0 Å². The lowest BCUT2D eigenvalue weighted by Crippen LogP contribution is -2.13. The van der Waals surface area contributed by atoms with Crippen molar-refractivity contribution < 1.29 is 23.0 Å². The van der Waals surface area contributed by atoms with Gasteiger partial charge in [-0.15, -0.1) is 0 Å². The lowest BCUT2D eigenvalue weighted by Gasteiger charge is -2.13. The summed E-state index contributed by atoms with van der Waals surface area (Å²) in [4.78, 5) is 11.3. The zero-order valence-corrected chi connectivity index (χ0v) is 13.8. The molecule has 108 valence electrons. The first-order valence-electron chi connectivity index (χ1n) is 3.89. The van der Waals surface area contributed by atoms with Crippen LogP contribution in [0, 0.1) is 0 Å². The maximum Gasteiger partial charge on any atom is 0.342 e. The summed E-state index contributed by atoms with van der Waals surface area (Å²) < 4.78 is 32.6. The van der Waals surface area contributed by atoms with Gasteiger partial charge < -0.3 is 9.05 Å². The van der Waals surface area contributed by atoms with E-state index >= 15 is 0 Å². The van der Waals surface area contributed by atoms with Crippen LogP contribution in [0.1, 0.15) is 0 Å². The first-order valence-corrected chi connectivity index (χ1v) is 13.1. The first-order chi connectivity index (χ1) is 8.34. The second-order valence-electron chi connectivity index (χ2n) is 2.40. The minimum atomic E-state index is -3.33. The van der Waals surface area contributed by atoms with Gasteiger partial charge in [-0.2, -0.15) is 0 Å². The second-order valence-corrected chi connectivity index (χ2v) is 15.2. The molecular weight excluding hydrogens is 362 g/mol. The molecule has 0 saturated carbocycles. The summed E-state index contributed by atoms with van der Waals surface area (Å²) in [5.41, 5.74) is 0. The molecule has 15 heteroatoms. The van der Waals surface area contributed by atoms with Crippen LogP contribution in [0.4, 0.5) is 0 Å². The molecule has 0 atom stereocenters. The molecular formula is C3H12N4O5P2S4. The molecule has 0 aromatic rings. The average molecular weight is 374 g/mol. The van der Waals surface area contributed by atoms with Gasteiger partial charge in [-0.05, 0) is 0 Å². The van der Waals surface area contributed by atoms with Gasteiger partial charge in [0.25, 0.3) is 0 Å². The number of hydrogen-bond donors (Lipinski definition) is 4. The lowest BCUT2D eigenvalue weighted by atomic mass is 10.5. The molecule has 8 N–H and O–H groups in total. The molecule has 0 radical (unpaired) electrons. The lowest BCUT2D eigenvalue weighted by molar-refractivity contribution is -0.122. The van der Waals surface area contributed by atoms with Crippen LogP contribution in [0.5, 0.6) is 0 Å². The summed E-state index contributed by atoms with van der Waals surface area (Å²) in [6.45, 7) is -1.06. The van der Waals surface area contributed by atoms with Crippen LogP contribution >= 0.6 is 57.8 Å². The summed E-state index contributed by atoms with van der Waals surface area (Å²) in [5, 5.41) is 20.4. The topological polar surface area (TPSA) is 174 Å². The highest BCUT2D eigenvalue weighted by molar-refractivity contribution is 8.88. The Bertz CT molecular complexity index is 323. The average Bonchev–Trinajstić information content (AvgIpc) is 2.42. The zero-order valence-electron chi connectivity index (χ0n) is 8.79. The Labute approximate surface area is 120 Å². The normalized spacial score (nSPS) is 12.7. The quantitative estimate of drug-likeness (QED) is 0.318. The SMILES string of the molecule is NSP(=O)(OCC(=O)COP(=O)(SN)SN)SN. The van der Waals surface area contributed by atoms with Gasteiger partial charge in [0.2, 0.25) is 0 Å². The summed E-state index contributed by atoms with van der Waals surface area (Å²) in [5.74, 6) is -7.25. The molecule has 0 amide bonds. The molecule has 0 fully saturated rings. The number of ketones is 1. The summed E-state index contributed by atoms with van der Waals surface area (Å²) >= 11 is 1.69. The maximum atomic E-state index is 11.5. The van der Waals surface area contributed by atoms with Crippen molar-refractivity contribution in [3.8, 4) is 0 Å². The highest BCUT2D eigenvalue weighted by atomic mass is 33.1. The molecule has 0 bridgehead atoms. The summed E-state index contributed by atoms with van der Waals surface area (Å²) in [6.07, 6.45) is 0. The van der Waals surface area contributed by atoms with E-state index < -0.39 is 30.5 Å². The Morgan fingerprint density at radius 2 is 1.11 bits per heavy atom. The van der Waals surface area contributed by atoms with E-state index in [0.717, 1.165) is 0 Å². The molecule has 0 spiro atoms. The third-order valence-corrected chi connectivity index (χ3v) is 10.7. The van der Waals surface area contributed by atoms with Gasteiger partial charge in [0.1, 0.15) is 13.2 Å².